The smallest absolute Gasteiger partial charge is 0.181 e. The molecule has 3 N–H and O–H groups in total. The van der Waals surface area contributed by atoms with Gasteiger partial charge in [-0.05, 0) is 43.1 Å². The largest absolute Gasteiger partial charge is 0.383 e. The minimum atomic E-state index is -0.870. The fourth-order valence-corrected chi connectivity index (χ4v) is 4.50. The van der Waals surface area contributed by atoms with Crippen molar-refractivity contribution in [3.05, 3.63) is 76.4 Å². The van der Waals surface area contributed by atoms with Gasteiger partial charge in [-0.2, -0.15) is 0 Å². The number of hydrazone groups is 1. The quantitative estimate of drug-likeness (QED) is 0.524. The predicted octanol–water partition coefficient (Wildman–Crippen LogP) is 4.39. The lowest BCUT2D eigenvalue weighted by Gasteiger charge is -2.27. The van der Waals surface area contributed by atoms with Crippen LogP contribution in [-0.4, -0.2) is 41.0 Å². The van der Waals surface area contributed by atoms with Crippen molar-refractivity contribution >= 4 is 28.9 Å². The lowest BCUT2D eigenvalue weighted by atomic mass is 10.0. The summed E-state index contributed by atoms with van der Waals surface area (Å²) in [6.45, 7) is 3.24. The summed E-state index contributed by atoms with van der Waals surface area (Å²) in [5.41, 5.74) is 12.6. The maximum Gasteiger partial charge on any atom is 0.181 e. The summed E-state index contributed by atoms with van der Waals surface area (Å²) in [7, 11) is 1.64. The predicted molar refractivity (Wildman–Crippen MR) is 130 cm³/mol. The molecule has 0 aliphatic carbocycles. The van der Waals surface area contributed by atoms with E-state index in [2.05, 4.69) is 44.8 Å². The van der Waals surface area contributed by atoms with Gasteiger partial charge in [0.05, 0.1) is 11.3 Å². The molecule has 0 saturated carbocycles. The van der Waals surface area contributed by atoms with Crippen molar-refractivity contribution in [3.8, 4) is 11.1 Å². The molecule has 0 spiro atoms. The summed E-state index contributed by atoms with van der Waals surface area (Å²) in [6.07, 6.45) is 4.22. The minimum absolute atomic E-state index is 0.0847. The number of likely N-dealkylation sites (tertiary alicyclic amines) is 1. The van der Waals surface area contributed by atoms with E-state index in [1.807, 2.05) is 6.07 Å². The third kappa shape index (κ3) is 4.29. The van der Waals surface area contributed by atoms with Gasteiger partial charge in [-0.25, -0.2) is 24.3 Å². The van der Waals surface area contributed by atoms with Gasteiger partial charge in [0.2, 0.25) is 0 Å². The number of nitrogens with two attached hydrogens (primary N) is 1. The Morgan fingerprint density at radius 2 is 1.79 bits per heavy atom. The molecule has 34 heavy (non-hydrogen) atoms. The number of pyridine rings is 1. The van der Waals surface area contributed by atoms with E-state index in [1.54, 1.807) is 13.2 Å². The van der Waals surface area contributed by atoms with Crippen molar-refractivity contribution in [2.24, 2.45) is 5.10 Å². The van der Waals surface area contributed by atoms with Crippen LogP contribution in [0.25, 0.3) is 11.1 Å². The summed E-state index contributed by atoms with van der Waals surface area (Å²) in [4.78, 5) is 6.80. The number of hydrazine groups is 2. The molecule has 7 nitrogen and oxygen atoms in total. The Balaban J connectivity index is 1.46. The number of halogens is 3. The number of benzene rings is 2. The second-order valence-corrected chi connectivity index (χ2v) is 8.81. The molecular weight excluding hydrogens is 460 g/mol. The van der Waals surface area contributed by atoms with E-state index < -0.39 is 11.6 Å². The van der Waals surface area contributed by atoms with E-state index in [9.17, 15) is 8.78 Å². The monoisotopic (exact) mass is 483 g/mol. The van der Waals surface area contributed by atoms with Gasteiger partial charge < -0.3 is 5.73 Å². The van der Waals surface area contributed by atoms with Gasteiger partial charge in [-0.15, -0.1) is 10.2 Å². The van der Waals surface area contributed by atoms with Gasteiger partial charge in [-0.1, -0.05) is 35.9 Å². The number of nitrogens with one attached hydrogen (secondary N) is 1. The highest BCUT2D eigenvalue weighted by Gasteiger charge is 2.31. The lowest BCUT2D eigenvalue weighted by molar-refractivity contribution is 0.278. The van der Waals surface area contributed by atoms with E-state index in [4.69, 9.17) is 17.3 Å². The number of nitrogen functional groups attached to an aromatic ring is 1. The van der Waals surface area contributed by atoms with Gasteiger partial charge in [-0.3, -0.25) is 4.90 Å². The van der Waals surface area contributed by atoms with Gasteiger partial charge in [0.1, 0.15) is 22.5 Å². The zero-order chi connectivity index (χ0) is 23.8. The van der Waals surface area contributed by atoms with Crippen LogP contribution in [-0.2, 0) is 6.54 Å². The molecule has 0 atom stereocenters. The van der Waals surface area contributed by atoms with Crippen LogP contribution >= 0.6 is 11.6 Å². The molecule has 1 saturated heterocycles. The average Bonchev–Trinajstić information content (AvgIpc) is 3.47. The van der Waals surface area contributed by atoms with Crippen molar-refractivity contribution in [1.82, 2.24) is 20.5 Å². The number of rotatable bonds is 5. The topological polar surface area (TPSA) is 73.0 Å². The number of amidine groups is 1. The number of aromatic nitrogens is 1. The standard InChI is InChI=1S/C24H24ClF2N7/c1-32-31-30-24(34(32)21-12-18(26)11-20(27)22(21)25)19-10-17(13-29-23(19)28)16-6-4-15(5-7-16)14-33-8-2-3-9-33/h4-7,10-13,31H,2-3,8-9,14H2,1H3,(H2,28,29). The molecule has 5 rings (SSSR count). The molecule has 0 amide bonds. The van der Waals surface area contributed by atoms with Crippen LogP contribution in [0.1, 0.15) is 24.0 Å². The maximum atomic E-state index is 14.2. The Labute approximate surface area is 201 Å². The molecule has 2 aliphatic rings. The van der Waals surface area contributed by atoms with E-state index in [0.717, 1.165) is 42.9 Å². The molecule has 176 valence electrons. The van der Waals surface area contributed by atoms with Crippen LogP contribution in [0.4, 0.5) is 20.3 Å². The second kappa shape index (κ2) is 9.17. The van der Waals surface area contributed by atoms with Crippen molar-refractivity contribution < 1.29 is 8.78 Å². The Hall–Kier alpha value is -3.27. The number of nitrogens with zero attached hydrogens (tertiary/aromatic N) is 5. The average molecular weight is 484 g/mol. The molecule has 3 aromatic rings. The minimum Gasteiger partial charge on any atom is -0.383 e. The SMILES string of the molecule is CN1NN=C(c2cc(-c3ccc(CN4CCCC4)cc3)cnc2N)N1c1cc(F)cc(F)c1Cl. The van der Waals surface area contributed by atoms with Crippen LogP contribution < -0.4 is 16.3 Å². The summed E-state index contributed by atoms with van der Waals surface area (Å²) in [5, 5.41) is 6.97. The highest BCUT2D eigenvalue weighted by Crippen LogP contribution is 2.34. The van der Waals surface area contributed by atoms with Crippen molar-refractivity contribution in [2.45, 2.75) is 19.4 Å². The fraction of sp³-hybridized carbons (Fsp3) is 0.250. The fourth-order valence-electron chi connectivity index (χ4n) is 4.31. The highest BCUT2D eigenvalue weighted by molar-refractivity contribution is 6.34. The van der Waals surface area contributed by atoms with E-state index in [0.29, 0.717) is 11.4 Å². The number of anilines is 2. The summed E-state index contributed by atoms with van der Waals surface area (Å²) >= 11 is 6.16. The summed E-state index contributed by atoms with van der Waals surface area (Å²) in [6, 6.07) is 12.1. The van der Waals surface area contributed by atoms with E-state index >= 15 is 0 Å². The molecule has 0 unspecified atom stereocenters. The number of hydrogen-bond donors (Lipinski definition) is 2. The molecular formula is C24H24ClF2N7. The second-order valence-electron chi connectivity index (χ2n) is 8.43. The van der Waals surface area contributed by atoms with Gasteiger partial charge in [0.15, 0.2) is 5.84 Å². The molecule has 1 fully saturated rings. The molecule has 2 aliphatic heterocycles. The third-order valence-electron chi connectivity index (χ3n) is 6.05. The first-order valence-electron chi connectivity index (χ1n) is 11.0. The van der Waals surface area contributed by atoms with Crippen molar-refractivity contribution in [2.75, 3.05) is 30.9 Å². The van der Waals surface area contributed by atoms with Gasteiger partial charge >= 0.3 is 0 Å². The van der Waals surface area contributed by atoms with Crippen LogP contribution in [0.5, 0.6) is 0 Å². The molecule has 10 heteroatoms. The molecule has 2 aromatic carbocycles. The molecule has 0 radical (unpaired) electrons. The molecule has 3 heterocycles. The highest BCUT2D eigenvalue weighted by atomic mass is 35.5. The van der Waals surface area contributed by atoms with Gasteiger partial charge in [0, 0.05) is 37.5 Å². The summed E-state index contributed by atoms with van der Waals surface area (Å²) in [5.74, 6) is -1.09. The number of hydrogen-bond acceptors (Lipinski definition) is 7. The first kappa shape index (κ1) is 22.5. The Morgan fingerprint density at radius 1 is 1.06 bits per heavy atom. The first-order valence-corrected chi connectivity index (χ1v) is 11.4. The zero-order valence-corrected chi connectivity index (χ0v) is 19.4. The Kier molecular flexibility index (Phi) is 6.07. The van der Waals surface area contributed by atoms with Gasteiger partial charge in [0.25, 0.3) is 0 Å². The van der Waals surface area contributed by atoms with E-state index in [1.165, 1.54) is 28.5 Å². The van der Waals surface area contributed by atoms with Crippen molar-refractivity contribution in [3.63, 3.8) is 0 Å². The summed E-state index contributed by atoms with van der Waals surface area (Å²) < 4.78 is 28.2. The zero-order valence-electron chi connectivity index (χ0n) is 18.6. The van der Waals surface area contributed by atoms with Crippen LogP contribution in [0.15, 0.2) is 53.8 Å². The van der Waals surface area contributed by atoms with Crippen LogP contribution in [0.3, 0.4) is 0 Å². The first-order chi connectivity index (χ1) is 16.4. The van der Waals surface area contributed by atoms with Crippen LogP contribution in [0.2, 0.25) is 5.02 Å². The molecule has 1 aromatic heterocycles. The Morgan fingerprint density at radius 3 is 2.53 bits per heavy atom. The van der Waals surface area contributed by atoms with Crippen LogP contribution in [0, 0.1) is 11.6 Å². The maximum absolute atomic E-state index is 14.2. The lowest BCUT2D eigenvalue weighted by Crippen LogP contribution is -2.43. The third-order valence-corrected chi connectivity index (χ3v) is 6.43. The van der Waals surface area contributed by atoms with Crippen molar-refractivity contribution in [1.29, 1.82) is 0 Å². The van der Waals surface area contributed by atoms with E-state index in [-0.39, 0.29) is 16.5 Å². The molecule has 0 bridgehead atoms. The normalized spacial score (nSPS) is 16.7. The Bertz CT molecular complexity index is 1240.